The number of H-pyrrole nitrogens is 1. The van der Waals surface area contributed by atoms with Gasteiger partial charge in [-0.15, -0.1) is 11.6 Å². The molecule has 0 saturated carbocycles. The molecule has 0 aliphatic rings. The Morgan fingerprint density at radius 1 is 1.42 bits per heavy atom. The van der Waals surface area contributed by atoms with Crippen molar-refractivity contribution in [3.05, 3.63) is 30.2 Å². The molecule has 2 N–H and O–H groups in total. The van der Waals surface area contributed by atoms with Crippen LogP contribution in [-0.4, -0.2) is 25.9 Å². The third-order valence-corrected chi connectivity index (χ3v) is 4.16. The van der Waals surface area contributed by atoms with Crippen LogP contribution in [-0.2, 0) is 6.42 Å². The van der Waals surface area contributed by atoms with Gasteiger partial charge >= 0.3 is 0 Å². The normalized spacial score (nSPS) is 11.2. The molecule has 4 nitrogen and oxygen atoms in total. The molecule has 0 atom stereocenters. The topological polar surface area (TPSA) is 61.8 Å². The van der Waals surface area contributed by atoms with E-state index in [1.807, 2.05) is 12.1 Å². The summed E-state index contributed by atoms with van der Waals surface area (Å²) < 4.78 is 0. The number of aromatic hydroxyl groups is 1. The third-order valence-electron chi connectivity index (χ3n) is 2.87. The number of nitrogens with one attached hydrogen (secondary N) is 1. The van der Waals surface area contributed by atoms with Gasteiger partial charge < -0.3 is 10.1 Å². The van der Waals surface area contributed by atoms with Crippen LogP contribution in [0.2, 0.25) is 0 Å². The molecule has 3 aromatic heterocycles. The van der Waals surface area contributed by atoms with Crippen LogP contribution in [0, 0.1) is 0 Å². The fourth-order valence-corrected chi connectivity index (χ4v) is 3.06. The predicted molar refractivity (Wildman–Crippen MR) is 77.9 cm³/mol. The van der Waals surface area contributed by atoms with E-state index in [4.69, 9.17) is 11.6 Å². The average Bonchev–Trinajstić information content (AvgIpc) is 2.98. The molecule has 98 valence electrons. The van der Waals surface area contributed by atoms with Gasteiger partial charge in [0.15, 0.2) is 5.75 Å². The number of thiazole rings is 1. The van der Waals surface area contributed by atoms with Crippen molar-refractivity contribution < 1.29 is 5.11 Å². The fraction of sp³-hybridized carbons (Fsp3) is 0.231. The second-order valence-electron chi connectivity index (χ2n) is 4.18. The number of aromatic nitrogens is 3. The Morgan fingerprint density at radius 3 is 3.00 bits per heavy atom. The molecule has 0 radical (unpaired) electrons. The van der Waals surface area contributed by atoms with E-state index in [9.17, 15) is 5.11 Å². The molecule has 0 aliphatic heterocycles. The minimum atomic E-state index is 0.242. The second kappa shape index (κ2) is 5.19. The lowest BCUT2D eigenvalue weighted by Gasteiger charge is -1.96. The first-order chi connectivity index (χ1) is 9.29. The summed E-state index contributed by atoms with van der Waals surface area (Å²) in [5.41, 5.74) is 2.40. The summed E-state index contributed by atoms with van der Waals surface area (Å²) >= 11 is 7.19. The Hall–Kier alpha value is -1.59. The number of halogens is 1. The lowest BCUT2D eigenvalue weighted by Crippen LogP contribution is -1.86. The zero-order valence-corrected chi connectivity index (χ0v) is 11.6. The summed E-state index contributed by atoms with van der Waals surface area (Å²) in [5.74, 6) is 0.826. The van der Waals surface area contributed by atoms with Gasteiger partial charge in [-0.05, 0) is 25.0 Å². The van der Waals surface area contributed by atoms with Gasteiger partial charge in [-0.3, -0.25) is 4.98 Å². The number of alkyl halides is 1. The minimum absolute atomic E-state index is 0.242. The van der Waals surface area contributed by atoms with Gasteiger partial charge in [0.05, 0.1) is 5.69 Å². The highest BCUT2D eigenvalue weighted by atomic mass is 35.5. The first-order valence-corrected chi connectivity index (χ1v) is 7.31. The number of nitrogens with zero attached hydrogens (tertiary/aromatic N) is 2. The number of aryl methyl sites for hydroxylation is 1. The van der Waals surface area contributed by atoms with Crippen LogP contribution in [0.5, 0.6) is 5.75 Å². The number of hydrogen-bond donors (Lipinski definition) is 2. The molecule has 0 amide bonds. The molecule has 3 heterocycles. The predicted octanol–water partition coefficient (Wildman–Crippen LogP) is 3.56. The van der Waals surface area contributed by atoms with Gasteiger partial charge in [-0.1, -0.05) is 11.3 Å². The molecular formula is C13H12ClN3OS. The first kappa shape index (κ1) is 12.4. The van der Waals surface area contributed by atoms with E-state index < -0.39 is 0 Å². The molecule has 0 fully saturated rings. The highest BCUT2D eigenvalue weighted by Crippen LogP contribution is 2.36. The van der Waals surface area contributed by atoms with Crippen LogP contribution in [0.15, 0.2) is 24.5 Å². The number of hydrogen-bond acceptors (Lipinski definition) is 4. The molecule has 0 aliphatic carbocycles. The summed E-state index contributed by atoms with van der Waals surface area (Å²) in [4.78, 5) is 12.7. The summed E-state index contributed by atoms with van der Waals surface area (Å²) in [6.07, 6.45) is 5.06. The van der Waals surface area contributed by atoms with Crippen LogP contribution < -0.4 is 0 Å². The van der Waals surface area contributed by atoms with E-state index in [1.54, 1.807) is 12.4 Å². The number of aromatic amines is 1. The number of fused-ring (bicyclic) bond motifs is 1. The number of pyridine rings is 1. The van der Waals surface area contributed by atoms with Crippen molar-refractivity contribution in [1.29, 1.82) is 0 Å². The molecule has 0 unspecified atom stereocenters. The zero-order chi connectivity index (χ0) is 13.2. The van der Waals surface area contributed by atoms with Gasteiger partial charge in [0.1, 0.15) is 15.4 Å². The first-order valence-electron chi connectivity index (χ1n) is 5.96. The van der Waals surface area contributed by atoms with Gasteiger partial charge in [0, 0.05) is 23.8 Å². The lowest BCUT2D eigenvalue weighted by molar-refractivity contribution is 0.472. The quantitative estimate of drug-likeness (QED) is 0.723. The fourth-order valence-electron chi connectivity index (χ4n) is 1.94. The van der Waals surface area contributed by atoms with Crippen molar-refractivity contribution in [3.63, 3.8) is 0 Å². The molecule has 0 aromatic carbocycles. The van der Waals surface area contributed by atoms with Gasteiger partial charge in [0.25, 0.3) is 0 Å². The van der Waals surface area contributed by atoms with E-state index in [0.717, 1.165) is 33.9 Å². The molecule has 19 heavy (non-hydrogen) atoms. The number of rotatable bonds is 4. The third kappa shape index (κ3) is 2.31. The van der Waals surface area contributed by atoms with Crippen molar-refractivity contribution >= 4 is 33.3 Å². The highest BCUT2D eigenvalue weighted by molar-refractivity contribution is 7.21. The Bertz CT molecular complexity index is 693. The summed E-state index contributed by atoms with van der Waals surface area (Å²) in [7, 11) is 0. The van der Waals surface area contributed by atoms with E-state index in [1.165, 1.54) is 11.3 Å². The Kier molecular flexibility index (Phi) is 3.40. The van der Waals surface area contributed by atoms with Crippen LogP contribution >= 0.6 is 22.9 Å². The molecule has 0 saturated heterocycles. The lowest BCUT2D eigenvalue weighted by atomic mass is 10.2. The van der Waals surface area contributed by atoms with Crippen molar-refractivity contribution in [2.24, 2.45) is 0 Å². The smallest absolute Gasteiger partial charge is 0.163 e. The maximum atomic E-state index is 10.1. The SMILES string of the molecule is Oc1c(CCCCl)[nH]c2sc(-c3cccnc3)nc12. The second-order valence-corrected chi connectivity index (χ2v) is 5.56. The largest absolute Gasteiger partial charge is 0.504 e. The van der Waals surface area contributed by atoms with Crippen LogP contribution in [0.3, 0.4) is 0 Å². The molecule has 0 bridgehead atoms. The molecule has 6 heteroatoms. The monoisotopic (exact) mass is 293 g/mol. The average molecular weight is 294 g/mol. The van der Waals surface area contributed by atoms with Crippen molar-refractivity contribution in [2.45, 2.75) is 12.8 Å². The van der Waals surface area contributed by atoms with Crippen LogP contribution in [0.1, 0.15) is 12.1 Å². The Morgan fingerprint density at radius 2 is 2.32 bits per heavy atom. The standard InChI is InChI=1S/C13H12ClN3OS/c14-5-1-4-9-11(18)10-13(16-9)19-12(17-10)8-3-2-6-15-7-8/h2-3,6-7,16,18H,1,4-5H2. The maximum Gasteiger partial charge on any atom is 0.163 e. The van der Waals surface area contributed by atoms with E-state index >= 15 is 0 Å². The molecular weight excluding hydrogens is 282 g/mol. The van der Waals surface area contributed by atoms with Gasteiger partial charge in [-0.25, -0.2) is 4.98 Å². The summed E-state index contributed by atoms with van der Waals surface area (Å²) in [6, 6.07) is 3.83. The van der Waals surface area contributed by atoms with Crippen molar-refractivity contribution in [3.8, 4) is 16.3 Å². The maximum absolute atomic E-state index is 10.1. The van der Waals surface area contributed by atoms with Crippen molar-refractivity contribution in [1.82, 2.24) is 15.0 Å². The molecule has 0 spiro atoms. The summed E-state index contributed by atoms with van der Waals surface area (Å²) in [6.45, 7) is 0. The Balaban J connectivity index is 1.99. The minimum Gasteiger partial charge on any atom is -0.504 e. The highest BCUT2D eigenvalue weighted by Gasteiger charge is 2.15. The Labute approximate surface area is 119 Å². The van der Waals surface area contributed by atoms with Gasteiger partial charge in [0.2, 0.25) is 0 Å². The van der Waals surface area contributed by atoms with E-state index in [0.29, 0.717) is 11.4 Å². The zero-order valence-electron chi connectivity index (χ0n) is 10.1. The van der Waals surface area contributed by atoms with Crippen LogP contribution in [0.4, 0.5) is 0 Å². The van der Waals surface area contributed by atoms with Gasteiger partial charge in [-0.2, -0.15) is 0 Å². The van der Waals surface area contributed by atoms with Crippen molar-refractivity contribution in [2.75, 3.05) is 5.88 Å². The summed E-state index contributed by atoms with van der Waals surface area (Å²) in [5, 5.41) is 11.0. The molecule has 3 aromatic rings. The molecule has 3 rings (SSSR count). The van der Waals surface area contributed by atoms with Crippen LogP contribution in [0.25, 0.3) is 20.9 Å². The van der Waals surface area contributed by atoms with E-state index in [-0.39, 0.29) is 5.75 Å². The van der Waals surface area contributed by atoms with E-state index in [2.05, 4.69) is 15.0 Å².